The fourth-order valence-corrected chi connectivity index (χ4v) is 5.39. The van der Waals surface area contributed by atoms with Crippen LogP contribution < -0.4 is 20.1 Å². The molecule has 2 saturated heterocycles. The average molecular weight is 374 g/mol. The van der Waals surface area contributed by atoms with E-state index in [1.165, 1.54) is 7.11 Å². The number of fused-ring (bicyclic) bond motifs is 3. The first kappa shape index (κ1) is 16.3. The summed E-state index contributed by atoms with van der Waals surface area (Å²) in [6.07, 6.45) is 0.371. The molecule has 0 saturated carbocycles. The van der Waals surface area contributed by atoms with Gasteiger partial charge in [-0.05, 0) is 47.5 Å². The van der Waals surface area contributed by atoms with E-state index in [4.69, 9.17) is 23.5 Å². The van der Waals surface area contributed by atoms with E-state index in [9.17, 15) is 4.57 Å². The quantitative estimate of drug-likeness (QED) is 0.546. The maximum Gasteiger partial charge on any atom is 0.262 e. The second kappa shape index (κ2) is 6.10. The van der Waals surface area contributed by atoms with Crippen molar-refractivity contribution in [2.45, 2.75) is 12.2 Å². The van der Waals surface area contributed by atoms with Crippen LogP contribution >= 0.6 is 7.37 Å². The molecular formula is C19H19O6P. The minimum Gasteiger partial charge on any atom is -0.491 e. The zero-order valence-corrected chi connectivity index (χ0v) is 15.2. The molecule has 0 radical (unpaired) electrons. The molecule has 0 N–H and O–H groups in total. The van der Waals surface area contributed by atoms with Crippen molar-refractivity contribution in [2.75, 3.05) is 33.5 Å². The molecule has 5 rings (SSSR count). The molecule has 3 aliphatic rings. The Labute approximate surface area is 151 Å². The van der Waals surface area contributed by atoms with Crippen LogP contribution in [0.2, 0.25) is 0 Å². The summed E-state index contributed by atoms with van der Waals surface area (Å²) < 4.78 is 40.9. The lowest BCUT2D eigenvalue weighted by Crippen LogP contribution is -2.11. The van der Waals surface area contributed by atoms with E-state index in [1.807, 2.05) is 36.4 Å². The van der Waals surface area contributed by atoms with Gasteiger partial charge >= 0.3 is 0 Å². The Kier molecular flexibility index (Phi) is 3.83. The summed E-state index contributed by atoms with van der Waals surface area (Å²) in [6.45, 7) is 2.55. The number of benzene rings is 2. The summed E-state index contributed by atoms with van der Waals surface area (Å²) in [5.41, 5.74) is 1.74. The van der Waals surface area contributed by atoms with Gasteiger partial charge in [0.1, 0.15) is 36.9 Å². The van der Waals surface area contributed by atoms with Gasteiger partial charge in [-0.15, -0.1) is 0 Å². The zero-order chi connectivity index (χ0) is 17.7. The van der Waals surface area contributed by atoms with Gasteiger partial charge in [0.2, 0.25) is 0 Å². The van der Waals surface area contributed by atoms with Crippen LogP contribution in [0.25, 0.3) is 11.1 Å². The van der Waals surface area contributed by atoms with Crippen molar-refractivity contribution in [1.29, 1.82) is 0 Å². The number of rotatable bonds is 7. The second-order valence-corrected chi connectivity index (χ2v) is 9.06. The van der Waals surface area contributed by atoms with Crippen molar-refractivity contribution in [1.82, 2.24) is 0 Å². The maximum atomic E-state index is 13.5. The molecule has 6 nitrogen and oxygen atoms in total. The minimum atomic E-state index is -3.08. The molecule has 0 aliphatic carbocycles. The van der Waals surface area contributed by atoms with Crippen molar-refractivity contribution in [3.63, 3.8) is 0 Å². The van der Waals surface area contributed by atoms with Crippen molar-refractivity contribution >= 4 is 18.0 Å². The summed E-state index contributed by atoms with van der Waals surface area (Å²) in [5.74, 6) is 1.46. The number of ether oxygens (including phenoxy) is 4. The number of hydrogen-bond acceptors (Lipinski definition) is 6. The number of epoxide rings is 2. The Bertz CT molecular complexity index is 833. The van der Waals surface area contributed by atoms with Gasteiger partial charge in [-0.3, -0.25) is 4.57 Å². The average Bonchev–Trinajstić information content (AvgIpc) is 3.58. The van der Waals surface area contributed by atoms with E-state index >= 15 is 0 Å². The van der Waals surface area contributed by atoms with Crippen LogP contribution in [0.4, 0.5) is 0 Å². The highest BCUT2D eigenvalue weighted by molar-refractivity contribution is 7.75. The van der Waals surface area contributed by atoms with Crippen LogP contribution in [0.5, 0.6) is 11.5 Å². The number of hydrogen-bond donors (Lipinski definition) is 0. The molecule has 2 aromatic rings. The van der Waals surface area contributed by atoms with E-state index in [-0.39, 0.29) is 12.2 Å². The van der Waals surface area contributed by atoms with E-state index in [0.717, 1.165) is 35.8 Å². The largest absolute Gasteiger partial charge is 0.491 e. The van der Waals surface area contributed by atoms with Crippen LogP contribution in [-0.2, 0) is 18.6 Å². The molecule has 136 valence electrons. The van der Waals surface area contributed by atoms with Crippen molar-refractivity contribution in [2.24, 2.45) is 0 Å². The Balaban J connectivity index is 1.51. The van der Waals surface area contributed by atoms with Crippen LogP contribution in [0, 0.1) is 0 Å². The van der Waals surface area contributed by atoms with Crippen molar-refractivity contribution in [3.8, 4) is 22.6 Å². The van der Waals surface area contributed by atoms with E-state index < -0.39 is 7.37 Å². The highest BCUT2D eigenvalue weighted by Gasteiger charge is 2.40. The van der Waals surface area contributed by atoms with Crippen LogP contribution in [-0.4, -0.2) is 45.7 Å². The first-order chi connectivity index (χ1) is 12.7. The molecule has 0 amide bonds. The Morgan fingerprint density at radius 1 is 0.923 bits per heavy atom. The Hall–Kier alpha value is -1.85. The summed E-state index contributed by atoms with van der Waals surface area (Å²) in [7, 11) is -1.59. The highest BCUT2D eigenvalue weighted by Crippen LogP contribution is 2.54. The predicted molar refractivity (Wildman–Crippen MR) is 96.2 cm³/mol. The topological polar surface area (TPSA) is 69.8 Å². The normalized spacial score (nSPS) is 27.6. The molecule has 2 atom stereocenters. The third-order valence-corrected chi connectivity index (χ3v) is 7.36. The zero-order valence-electron chi connectivity index (χ0n) is 14.3. The lowest BCUT2D eigenvalue weighted by molar-refractivity contribution is 0.263. The first-order valence-corrected chi connectivity index (χ1v) is 10.2. The van der Waals surface area contributed by atoms with Gasteiger partial charge in [-0.25, -0.2) is 0 Å². The van der Waals surface area contributed by atoms with Crippen LogP contribution in [0.15, 0.2) is 36.4 Å². The lowest BCUT2D eigenvalue weighted by atomic mass is 10.1. The molecule has 3 heterocycles. The molecule has 0 bridgehead atoms. The van der Waals surface area contributed by atoms with Gasteiger partial charge in [0.25, 0.3) is 7.37 Å². The molecule has 2 aromatic carbocycles. The van der Waals surface area contributed by atoms with E-state index in [2.05, 4.69) is 0 Å². The minimum absolute atomic E-state index is 0.185. The van der Waals surface area contributed by atoms with Gasteiger partial charge in [-0.1, -0.05) is 0 Å². The SMILES string of the molecule is COP1(=O)c2ccc(OCC3CO3)cc2-c2cc(OCC3CO3)ccc21. The first-order valence-electron chi connectivity index (χ1n) is 8.61. The standard InChI is InChI=1S/C19H19O6P/c1-21-26(20)18-4-2-12(22-8-14-10-24-14)6-16(18)17-7-13(3-5-19(17)26)23-9-15-11-25-15/h2-7,14-15H,8-11H2,1H3. The third kappa shape index (κ3) is 2.83. The van der Waals surface area contributed by atoms with Crippen molar-refractivity contribution < 1.29 is 28.0 Å². The van der Waals surface area contributed by atoms with Crippen LogP contribution in [0.3, 0.4) is 0 Å². The molecule has 26 heavy (non-hydrogen) atoms. The molecule has 7 heteroatoms. The van der Waals surface area contributed by atoms with Gasteiger partial charge in [-0.2, -0.15) is 0 Å². The summed E-state index contributed by atoms with van der Waals surface area (Å²) >= 11 is 0. The summed E-state index contributed by atoms with van der Waals surface area (Å²) in [6, 6.07) is 11.2. The highest BCUT2D eigenvalue weighted by atomic mass is 31.2. The molecule has 0 spiro atoms. The van der Waals surface area contributed by atoms with Crippen molar-refractivity contribution in [3.05, 3.63) is 36.4 Å². The predicted octanol–water partition coefficient (Wildman–Crippen LogP) is 2.10. The molecule has 2 unspecified atom stereocenters. The van der Waals surface area contributed by atoms with Gasteiger partial charge < -0.3 is 23.5 Å². The van der Waals surface area contributed by atoms with Crippen LogP contribution in [0.1, 0.15) is 0 Å². The fourth-order valence-electron chi connectivity index (χ4n) is 3.19. The fraction of sp³-hybridized carbons (Fsp3) is 0.368. The van der Waals surface area contributed by atoms with Gasteiger partial charge in [0.15, 0.2) is 0 Å². The monoisotopic (exact) mass is 374 g/mol. The lowest BCUT2D eigenvalue weighted by Gasteiger charge is -2.13. The van der Waals surface area contributed by atoms with E-state index in [1.54, 1.807) is 0 Å². The molecule has 2 fully saturated rings. The maximum absolute atomic E-state index is 13.5. The van der Waals surface area contributed by atoms with Gasteiger partial charge in [0, 0.05) is 17.7 Å². The second-order valence-electron chi connectivity index (χ2n) is 6.62. The Morgan fingerprint density at radius 3 is 1.77 bits per heavy atom. The molecule has 0 aromatic heterocycles. The molecule has 3 aliphatic heterocycles. The smallest absolute Gasteiger partial charge is 0.262 e. The van der Waals surface area contributed by atoms with E-state index in [0.29, 0.717) is 23.8 Å². The third-order valence-electron chi connectivity index (χ3n) is 4.79. The Morgan fingerprint density at radius 2 is 1.38 bits per heavy atom. The summed E-state index contributed by atoms with van der Waals surface area (Å²) in [5, 5.41) is 1.40. The molecular weight excluding hydrogens is 355 g/mol. The van der Waals surface area contributed by atoms with Gasteiger partial charge in [0.05, 0.1) is 13.2 Å². The summed E-state index contributed by atoms with van der Waals surface area (Å²) in [4.78, 5) is 0.